The van der Waals surface area contributed by atoms with E-state index in [2.05, 4.69) is 47.6 Å². The molecule has 53 heavy (non-hydrogen) atoms. The number of nitrogen functional groups attached to an aromatic ring is 2. The Hall–Kier alpha value is -2.98. The van der Waals surface area contributed by atoms with Crippen LogP contribution in [0.15, 0.2) is 25.3 Å². The van der Waals surface area contributed by atoms with Crippen molar-refractivity contribution in [2.24, 2.45) is 0 Å². The molecule has 0 fully saturated rings. The van der Waals surface area contributed by atoms with Crippen molar-refractivity contribution in [3.05, 3.63) is 25.3 Å². The van der Waals surface area contributed by atoms with E-state index >= 15 is 0 Å². The number of fused-ring (bicyclic) bond motifs is 2. The number of rotatable bonds is 22. The Balaban J connectivity index is 1.30. The summed E-state index contributed by atoms with van der Waals surface area (Å²) < 4.78 is 80.0. The molecule has 29 nitrogen and oxygen atoms in total. The van der Waals surface area contributed by atoms with Gasteiger partial charge in [-0.1, -0.05) is 0 Å². The van der Waals surface area contributed by atoms with E-state index in [-0.39, 0.29) is 34.0 Å². The van der Waals surface area contributed by atoms with Gasteiger partial charge in [-0.3, -0.25) is 18.2 Å². The summed E-state index contributed by atoms with van der Waals surface area (Å²) in [6.45, 7) is -5.47. The van der Waals surface area contributed by atoms with Gasteiger partial charge in [-0.05, 0) is 0 Å². The van der Waals surface area contributed by atoms with Crippen molar-refractivity contribution in [2.75, 3.05) is 51.1 Å². The minimum absolute atomic E-state index is 0.00298. The summed E-state index contributed by atoms with van der Waals surface area (Å²) in [4.78, 5) is 64.1. The second-order valence-corrected chi connectivity index (χ2v) is 16.7. The van der Waals surface area contributed by atoms with Crippen LogP contribution in [-0.2, 0) is 45.4 Å². The molecule has 0 radical (unpaired) electrons. The number of phosphoric acid groups is 2. The molecule has 0 aromatic carbocycles. The molecular weight excluding hydrogens is 806 g/mol. The van der Waals surface area contributed by atoms with Crippen LogP contribution in [0.3, 0.4) is 0 Å². The first-order valence-electron chi connectivity index (χ1n) is 14.3. The van der Waals surface area contributed by atoms with E-state index in [1.807, 2.05) is 0 Å². The summed E-state index contributed by atoms with van der Waals surface area (Å²) in [5, 5.41) is 39.0. The highest BCUT2D eigenvalue weighted by atomic mass is 31.3. The molecule has 0 saturated carbocycles. The first-order valence-corrected chi connectivity index (χ1v) is 20.4. The fraction of sp³-hybridized carbons (Fsp3) is 0.500. The fourth-order valence-corrected chi connectivity index (χ4v) is 9.70. The lowest BCUT2D eigenvalue weighted by Crippen LogP contribution is -2.30. The van der Waals surface area contributed by atoms with Crippen LogP contribution in [-0.4, -0.2) is 131 Å². The van der Waals surface area contributed by atoms with Crippen molar-refractivity contribution in [3.63, 3.8) is 0 Å². The lowest BCUT2D eigenvalue weighted by Gasteiger charge is -2.25. The van der Waals surface area contributed by atoms with Gasteiger partial charge in [0, 0.05) is 0 Å². The van der Waals surface area contributed by atoms with Gasteiger partial charge in [-0.15, -0.1) is 4.86 Å². The van der Waals surface area contributed by atoms with Crippen molar-refractivity contribution >= 4 is 65.1 Å². The van der Waals surface area contributed by atoms with E-state index in [1.165, 1.54) is 9.13 Å². The van der Waals surface area contributed by atoms with E-state index in [1.54, 1.807) is 0 Å². The number of anilines is 2. The smallest absolute Gasteiger partial charge is 0.394 e. The summed E-state index contributed by atoms with van der Waals surface area (Å²) in [5.74, 6) is -0.00597. The van der Waals surface area contributed by atoms with Gasteiger partial charge in [0.1, 0.15) is 35.9 Å². The maximum absolute atomic E-state index is 12.4. The zero-order valence-corrected chi connectivity index (χ0v) is 30.1. The summed E-state index contributed by atoms with van der Waals surface area (Å²) >= 11 is 0. The summed E-state index contributed by atoms with van der Waals surface area (Å²) in [6, 6.07) is 0. The van der Waals surface area contributed by atoms with Crippen LogP contribution in [0.2, 0.25) is 0 Å². The average molecular weight is 839 g/mol. The predicted octanol–water partition coefficient (Wildman–Crippen LogP) is -2.37. The van der Waals surface area contributed by atoms with Crippen molar-refractivity contribution in [3.8, 4) is 0 Å². The third-order valence-corrected chi connectivity index (χ3v) is 12.7. The van der Waals surface area contributed by atoms with Crippen molar-refractivity contribution < 1.29 is 85.4 Å². The standard InChI is InChI=1S/C20H33N11O18P4/c21-17-15-19(25-7-23-17)30(9-27-15)13(3-34)46-11(1-32)5-44-52(40,41)48-50(36,37)29-51(38,39)49-53(42,43)45-6-12(2-33)47-14(4-35)31-10-28-16-18(22)24-8-26-20(16)31/h7-14,32-35H,1-6H2,(H,40,41)(H,42,43)(H2,21,23,25)(H2,22,24,26)(H3,29,36,37,38,39). The zero-order valence-electron chi connectivity index (χ0n) is 26.5. The molecule has 0 saturated heterocycles. The van der Waals surface area contributed by atoms with Gasteiger partial charge in [0.05, 0.1) is 52.3 Å². The second kappa shape index (κ2) is 17.7. The largest absolute Gasteiger partial charge is 0.480 e. The third-order valence-electron chi connectivity index (χ3n) is 6.34. The normalized spacial score (nSPS) is 19.2. The van der Waals surface area contributed by atoms with E-state index in [0.29, 0.717) is 0 Å². The molecule has 0 aliphatic rings. The molecule has 4 aromatic heterocycles. The number of hydrogen-bond acceptors (Lipinski definition) is 22. The highest BCUT2D eigenvalue weighted by Crippen LogP contribution is 2.66. The Bertz CT molecular complexity index is 1910. The summed E-state index contributed by atoms with van der Waals surface area (Å²) in [7, 11) is -23.2. The van der Waals surface area contributed by atoms with Crippen LogP contribution in [0, 0.1) is 0 Å². The number of ether oxygens (including phenoxy) is 2. The molecular formula is C20H33N11O18P4. The predicted molar refractivity (Wildman–Crippen MR) is 172 cm³/mol. The minimum Gasteiger partial charge on any atom is -0.394 e. The van der Waals surface area contributed by atoms with Crippen LogP contribution in [0.1, 0.15) is 12.5 Å². The Morgan fingerprint density at radius 2 is 1.00 bits per heavy atom. The van der Waals surface area contributed by atoms with Gasteiger partial charge in [-0.2, -0.15) is 8.62 Å². The molecule has 4 heterocycles. The molecule has 4 aromatic rings. The molecule has 0 aliphatic carbocycles. The SMILES string of the molecule is Nc1ncnc2c1ncn2C(CO)OC(CO)COP(=O)(O)OP(=O)(O)NP(=O)(O)OP(=O)(O)OCC(CO)OC(CO)n1cnc2c(N)ncnc21. The molecule has 0 aliphatic heterocycles. The Kier molecular flexibility index (Phi) is 14.2. The Morgan fingerprint density at radius 1 is 0.623 bits per heavy atom. The van der Waals surface area contributed by atoms with Gasteiger partial charge in [0.25, 0.3) is 0 Å². The number of hydrogen-bond donors (Lipinski definition) is 11. The number of phosphoric ester groups is 2. The van der Waals surface area contributed by atoms with E-state index in [9.17, 15) is 58.3 Å². The first kappa shape index (κ1) is 42.8. The van der Waals surface area contributed by atoms with Gasteiger partial charge < -0.3 is 60.9 Å². The minimum atomic E-state index is -5.93. The number of imidazole rings is 2. The highest BCUT2D eigenvalue weighted by molar-refractivity contribution is 7.73. The molecule has 0 bridgehead atoms. The zero-order chi connectivity index (χ0) is 39.2. The van der Waals surface area contributed by atoms with Gasteiger partial charge >= 0.3 is 31.1 Å². The fourth-order valence-electron chi connectivity index (χ4n) is 4.15. The van der Waals surface area contributed by atoms with Gasteiger partial charge in [0.2, 0.25) is 0 Å². The van der Waals surface area contributed by atoms with Crippen molar-refractivity contribution in [1.82, 2.24) is 43.9 Å². The number of aliphatic hydroxyl groups is 4. The van der Waals surface area contributed by atoms with Crippen LogP contribution in [0.25, 0.3) is 22.3 Å². The molecule has 296 valence electrons. The number of aliphatic hydroxyl groups excluding tert-OH is 4. The van der Waals surface area contributed by atoms with E-state index < -0.39 is 95.4 Å². The topological polar surface area (TPSA) is 437 Å². The molecule has 8 atom stereocenters. The maximum Gasteiger partial charge on any atom is 0.480 e. The number of nitrogens with two attached hydrogens (primary N) is 2. The Morgan fingerprint density at radius 3 is 1.34 bits per heavy atom. The molecule has 0 amide bonds. The number of aromatic nitrogens is 8. The molecule has 8 unspecified atom stereocenters. The lowest BCUT2D eigenvalue weighted by atomic mass is 10.4. The number of nitrogens with one attached hydrogen (secondary N) is 1. The van der Waals surface area contributed by atoms with Crippen LogP contribution >= 0.6 is 31.1 Å². The van der Waals surface area contributed by atoms with Gasteiger partial charge in [-0.25, -0.2) is 48.2 Å². The molecule has 13 N–H and O–H groups in total. The monoisotopic (exact) mass is 839 g/mol. The Labute approximate surface area is 295 Å². The molecule has 0 spiro atoms. The van der Waals surface area contributed by atoms with E-state index in [0.717, 1.165) is 30.2 Å². The van der Waals surface area contributed by atoms with Crippen molar-refractivity contribution in [1.29, 1.82) is 0 Å². The van der Waals surface area contributed by atoms with Gasteiger partial charge in [0.15, 0.2) is 35.4 Å². The molecule has 4 rings (SSSR count). The number of nitrogens with zero attached hydrogens (tertiary/aromatic N) is 8. The highest BCUT2D eigenvalue weighted by Gasteiger charge is 2.44. The molecule has 33 heteroatoms. The average Bonchev–Trinajstić information content (AvgIpc) is 3.70. The third kappa shape index (κ3) is 11.5. The lowest BCUT2D eigenvalue weighted by molar-refractivity contribution is -0.109. The van der Waals surface area contributed by atoms with E-state index in [4.69, 9.17) is 20.9 Å². The van der Waals surface area contributed by atoms with Crippen molar-refractivity contribution in [2.45, 2.75) is 24.7 Å². The first-order chi connectivity index (χ1) is 24.8. The summed E-state index contributed by atoms with van der Waals surface area (Å²) in [6.07, 6.45) is -1.23. The quantitative estimate of drug-likeness (QED) is 0.0368. The summed E-state index contributed by atoms with van der Waals surface area (Å²) in [5.41, 5.74) is 11.9. The van der Waals surface area contributed by atoms with Crippen LogP contribution in [0.5, 0.6) is 0 Å². The van der Waals surface area contributed by atoms with Crippen LogP contribution < -0.4 is 16.3 Å². The second-order valence-electron chi connectivity index (χ2n) is 10.2. The van der Waals surface area contributed by atoms with Crippen LogP contribution in [0.4, 0.5) is 11.6 Å². The maximum atomic E-state index is 12.4.